The zero-order valence-electron chi connectivity index (χ0n) is 7.77. The Hall–Kier alpha value is -1.93. The Morgan fingerprint density at radius 2 is 2.50 bits per heavy atom. The van der Waals surface area contributed by atoms with Crippen molar-refractivity contribution in [1.29, 1.82) is 0 Å². The fourth-order valence-corrected chi connectivity index (χ4v) is 1.43. The Kier molecular flexibility index (Phi) is 2.13. The molecule has 0 atom stereocenters. The van der Waals surface area contributed by atoms with Gasteiger partial charge in [-0.3, -0.25) is 0 Å². The molecule has 4 nitrogen and oxygen atoms in total. The molecule has 0 bridgehead atoms. The van der Waals surface area contributed by atoms with Gasteiger partial charge in [0.05, 0.1) is 17.4 Å². The van der Waals surface area contributed by atoms with E-state index in [9.17, 15) is 4.79 Å². The molecule has 0 aromatic carbocycles. The summed E-state index contributed by atoms with van der Waals surface area (Å²) in [4.78, 5) is 17.8. The van der Waals surface area contributed by atoms with Crippen molar-refractivity contribution >= 4 is 17.3 Å². The molecular formula is C10H9N3O. The van der Waals surface area contributed by atoms with Gasteiger partial charge in [0.1, 0.15) is 5.82 Å². The number of pyridine rings is 1. The highest BCUT2D eigenvalue weighted by molar-refractivity contribution is 5.58. The lowest BCUT2D eigenvalue weighted by molar-refractivity contribution is 0.565. The number of fused-ring (bicyclic) bond motifs is 1. The summed E-state index contributed by atoms with van der Waals surface area (Å²) in [6.45, 7) is 2.05. The van der Waals surface area contributed by atoms with Crippen LogP contribution in [0.15, 0.2) is 29.5 Å². The van der Waals surface area contributed by atoms with Gasteiger partial charge in [-0.2, -0.15) is 4.99 Å². The van der Waals surface area contributed by atoms with Gasteiger partial charge in [0.2, 0.25) is 6.08 Å². The Balaban J connectivity index is 2.62. The molecule has 14 heavy (non-hydrogen) atoms. The van der Waals surface area contributed by atoms with Crippen LogP contribution in [0.2, 0.25) is 0 Å². The average Bonchev–Trinajstić information content (AvgIpc) is 2.60. The Morgan fingerprint density at radius 3 is 3.21 bits per heavy atom. The average molecular weight is 187 g/mol. The molecule has 0 saturated heterocycles. The lowest BCUT2D eigenvalue weighted by Gasteiger charge is -1.97. The molecule has 2 heterocycles. The van der Waals surface area contributed by atoms with Crippen LogP contribution in [0, 0.1) is 0 Å². The van der Waals surface area contributed by atoms with Crippen molar-refractivity contribution in [3.63, 3.8) is 0 Å². The Morgan fingerprint density at radius 1 is 1.64 bits per heavy atom. The van der Waals surface area contributed by atoms with E-state index in [-0.39, 0.29) is 0 Å². The zero-order valence-corrected chi connectivity index (χ0v) is 7.77. The van der Waals surface area contributed by atoms with Crippen LogP contribution >= 0.6 is 0 Å². The van der Waals surface area contributed by atoms with E-state index in [0.717, 1.165) is 17.8 Å². The van der Waals surface area contributed by atoms with E-state index < -0.39 is 0 Å². The first-order valence-corrected chi connectivity index (χ1v) is 4.39. The predicted molar refractivity (Wildman–Crippen MR) is 52.4 cm³/mol. The molecule has 0 saturated carbocycles. The third kappa shape index (κ3) is 1.32. The van der Waals surface area contributed by atoms with Gasteiger partial charge >= 0.3 is 0 Å². The van der Waals surface area contributed by atoms with Crippen LogP contribution in [0.4, 0.5) is 5.69 Å². The lowest BCUT2D eigenvalue weighted by Crippen LogP contribution is -1.90. The molecule has 0 unspecified atom stereocenters. The van der Waals surface area contributed by atoms with Crippen molar-refractivity contribution < 1.29 is 4.79 Å². The van der Waals surface area contributed by atoms with Crippen molar-refractivity contribution in [1.82, 2.24) is 9.38 Å². The van der Waals surface area contributed by atoms with E-state index in [1.807, 2.05) is 17.5 Å². The molecule has 0 fully saturated rings. The van der Waals surface area contributed by atoms with Crippen LogP contribution in [0.5, 0.6) is 0 Å². The highest BCUT2D eigenvalue weighted by atomic mass is 16.1. The minimum absolute atomic E-state index is 0.607. The summed E-state index contributed by atoms with van der Waals surface area (Å²) in [7, 11) is 0. The fourth-order valence-electron chi connectivity index (χ4n) is 1.43. The number of carbonyl (C=O) groups excluding carboxylic acids is 1. The second-order valence-electron chi connectivity index (χ2n) is 2.91. The maximum Gasteiger partial charge on any atom is 0.240 e. The van der Waals surface area contributed by atoms with Gasteiger partial charge in [-0.05, 0) is 12.1 Å². The number of aryl methyl sites for hydroxylation is 1. The van der Waals surface area contributed by atoms with Crippen LogP contribution in [-0.2, 0) is 11.2 Å². The number of imidazole rings is 1. The number of hydrogen-bond donors (Lipinski definition) is 0. The molecule has 70 valence electrons. The van der Waals surface area contributed by atoms with Gasteiger partial charge in [-0.25, -0.2) is 9.78 Å². The molecule has 4 heteroatoms. The standard InChI is InChI=1S/C10H9N3O/c1-2-10-11-6-9-5-8(12-7-14)3-4-13(9)10/h3-6H,2H2,1H3. The first-order chi connectivity index (χ1) is 6.85. The highest BCUT2D eigenvalue weighted by Crippen LogP contribution is 2.15. The number of aromatic nitrogens is 2. The molecule has 2 aromatic rings. The third-order valence-electron chi connectivity index (χ3n) is 2.08. The number of nitrogens with zero attached hydrogens (tertiary/aromatic N) is 3. The fraction of sp³-hybridized carbons (Fsp3) is 0.200. The molecular weight excluding hydrogens is 178 g/mol. The van der Waals surface area contributed by atoms with Crippen LogP contribution in [0.25, 0.3) is 5.52 Å². The predicted octanol–water partition coefficient (Wildman–Crippen LogP) is 1.86. The van der Waals surface area contributed by atoms with E-state index in [1.165, 1.54) is 6.08 Å². The van der Waals surface area contributed by atoms with Crippen LogP contribution in [0.3, 0.4) is 0 Å². The van der Waals surface area contributed by atoms with E-state index >= 15 is 0 Å². The lowest BCUT2D eigenvalue weighted by atomic mass is 10.3. The topological polar surface area (TPSA) is 46.7 Å². The van der Waals surface area contributed by atoms with Gasteiger partial charge in [0.15, 0.2) is 0 Å². The van der Waals surface area contributed by atoms with Gasteiger partial charge in [0.25, 0.3) is 0 Å². The Bertz CT molecular complexity index is 509. The SMILES string of the molecule is CCc1ncc2cc(N=C=O)ccn12. The maximum atomic E-state index is 10.1. The molecule has 0 N–H and O–H groups in total. The van der Waals surface area contributed by atoms with E-state index in [1.54, 1.807) is 18.3 Å². The maximum absolute atomic E-state index is 10.1. The molecule has 0 aliphatic heterocycles. The second-order valence-corrected chi connectivity index (χ2v) is 2.91. The summed E-state index contributed by atoms with van der Waals surface area (Å²) in [6, 6.07) is 3.57. The molecule has 0 radical (unpaired) electrons. The second kappa shape index (κ2) is 3.44. The quantitative estimate of drug-likeness (QED) is 0.532. The van der Waals surface area contributed by atoms with Gasteiger partial charge in [-0.15, -0.1) is 0 Å². The van der Waals surface area contributed by atoms with Gasteiger partial charge in [0, 0.05) is 12.6 Å². The van der Waals surface area contributed by atoms with Crippen LogP contribution in [0.1, 0.15) is 12.7 Å². The van der Waals surface area contributed by atoms with Crippen molar-refractivity contribution in [2.75, 3.05) is 0 Å². The summed E-state index contributed by atoms with van der Waals surface area (Å²) in [5.41, 5.74) is 1.55. The van der Waals surface area contributed by atoms with E-state index in [2.05, 4.69) is 9.98 Å². The van der Waals surface area contributed by atoms with E-state index in [4.69, 9.17) is 0 Å². The number of isocyanates is 1. The molecule has 0 aliphatic rings. The van der Waals surface area contributed by atoms with Gasteiger partial charge < -0.3 is 4.40 Å². The van der Waals surface area contributed by atoms with E-state index in [0.29, 0.717) is 5.69 Å². The highest BCUT2D eigenvalue weighted by Gasteiger charge is 2.00. The molecule has 2 aromatic heterocycles. The van der Waals surface area contributed by atoms with Crippen molar-refractivity contribution in [3.8, 4) is 0 Å². The molecule has 0 spiro atoms. The number of hydrogen-bond acceptors (Lipinski definition) is 3. The third-order valence-corrected chi connectivity index (χ3v) is 2.08. The largest absolute Gasteiger partial charge is 0.304 e. The summed E-state index contributed by atoms with van der Waals surface area (Å²) in [6.07, 6.45) is 6.02. The summed E-state index contributed by atoms with van der Waals surface area (Å²) in [5.74, 6) is 1.00. The molecule has 0 amide bonds. The minimum Gasteiger partial charge on any atom is -0.304 e. The monoisotopic (exact) mass is 187 g/mol. The first-order valence-electron chi connectivity index (χ1n) is 4.39. The minimum atomic E-state index is 0.607. The summed E-state index contributed by atoms with van der Waals surface area (Å²) < 4.78 is 1.98. The van der Waals surface area contributed by atoms with Crippen molar-refractivity contribution in [2.45, 2.75) is 13.3 Å². The van der Waals surface area contributed by atoms with Crippen molar-refractivity contribution in [2.24, 2.45) is 4.99 Å². The Labute approximate surface area is 80.9 Å². The van der Waals surface area contributed by atoms with Crippen molar-refractivity contribution in [3.05, 3.63) is 30.4 Å². The van der Waals surface area contributed by atoms with Crippen LogP contribution < -0.4 is 0 Å². The number of rotatable bonds is 2. The summed E-state index contributed by atoms with van der Waals surface area (Å²) >= 11 is 0. The smallest absolute Gasteiger partial charge is 0.240 e. The zero-order chi connectivity index (χ0) is 9.97. The summed E-state index contributed by atoms with van der Waals surface area (Å²) in [5, 5.41) is 0. The first kappa shape index (κ1) is 8.66. The van der Waals surface area contributed by atoms with Crippen LogP contribution in [-0.4, -0.2) is 15.5 Å². The molecule has 0 aliphatic carbocycles. The van der Waals surface area contributed by atoms with Gasteiger partial charge in [-0.1, -0.05) is 6.92 Å². The number of aliphatic imine (C=N–C) groups is 1. The molecule has 2 rings (SSSR count). The normalized spacial score (nSPS) is 10.1.